The molecule has 2 atom stereocenters. The van der Waals surface area contributed by atoms with Gasteiger partial charge in [0.05, 0.1) is 7.11 Å². The van der Waals surface area contributed by atoms with Crippen LogP contribution in [0.25, 0.3) is 0 Å². The zero-order chi connectivity index (χ0) is 11.7. The fourth-order valence-corrected chi connectivity index (χ4v) is 1.89. The Morgan fingerprint density at radius 2 is 1.93 bits per heavy atom. The van der Waals surface area contributed by atoms with Crippen LogP contribution in [0.1, 0.15) is 46.0 Å². The van der Waals surface area contributed by atoms with Crippen molar-refractivity contribution in [1.82, 2.24) is 5.32 Å². The van der Waals surface area contributed by atoms with Gasteiger partial charge in [-0.1, -0.05) is 33.1 Å². The van der Waals surface area contributed by atoms with Crippen molar-refractivity contribution in [2.45, 2.75) is 52.0 Å². The molecular weight excluding hydrogens is 190 g/mol. The lowest BCUT2D eigenvalue weighted by molar-refractivity contribution is -0.143. The highest BCUT2D eigenvalue weighted by molar-refractivity contribution is 5.75. The molecule has 0 saturated carbocycles. The molecule has 0 heterocycles. The fourth-order valence-electron chi connectivity index (χ4n) is 1.89. The molecule has 1 N–H and O–H groups in total. The highest BCUT2D eigenvalue weighted by atomic mass is 16.5. The van der Waals surface area contributed by atoms with E-state index in [1.54, 1.807) is 0 Å². The van der Waals surface area contributed by atoms with E-state index in [2.05, 4.69) is 19.2 Å². The van der Waals surface area contributed by atoms with Crippen molar-refractivity contribution in [2.24, 2.45) is 5.92 Å². The van der Waals surface area contributed by atoms with Gasteiger partial charge < -0.3 is 10.1 Å². The third-order valence-electron chi connectivity index (χ3n) is 2.97. The van der Waals surface area contributed by atoms with Gasteiger partial charge in [-0.2, -0.15) is 0 Å². The minimum Gasteiger partial charge on any atom is -0.468 e. The zero-order valence-electron chi connectivity index (χ0n) is 10.5. The van der Waals surface area contributed by atoms with Crippen LogP contribution < -0.4 is 5.32 Å². The Morgan fingerprint density at radius 1 is 1.27 bits per heavy atom. The monoisotopic (exact) mass is 215 g/mol. The first-order chi connectivity index (χ1) is 7.19. The number of esters is 1. The fraction of sp³-hybridized carbons (Fsp3) is 0.917. The molecule has 0 rings (SSSR count). The molecule has 0 aliphatic rings. The van der Waals surface area contributed by atoms with Gasteiger partial charge in [0, 0.05) is 0 Å². The van der Waals surface area contributed by atoms with Crippen molar-refractivity contribution in [1.29, 1.82) is 0 Å². The second-order valence-corrected chi connectivity index (χ2v) is 4.00. The maximum atomic E-state index is 11.3. The molecule has 0 radical (unpaired) electrons. The molecule has 0 spiro atoms. The summed E-state index contributed by atoms with van der Waals surface area (Å²) in [6, 6.07) is -0.138. The summed E-state index contributed by atoms with van der Waals surface area (Å²) in [4.78, 5) is 11.3. The van der Waals surface area contributed by atoms with Gasteiger partial charge in [-0.3, -0.25) is 4.79 Å². The normalized spacial score (nSPS) is 14.7. The van der Waals surface area contributed by atoms with E-state index in [1.165, 1.54) is 26.4 Å². The van der Waals surface area contributed by atoms with Gasteiger partial charge in [-0.15, -0.1) is 0 Å². The largest absolute Gasteiger partial charge is 0.468 e. The standard InChI is InChI=1S/C12H25NO2/c1-5-7-10(6-2)8-9-11(13-3)12(14)15-4/h10-11,13H,5-9H2,1-4H3. The number of hydrogen-bond acceptors (Lipinski definition) is 3. The maximum Gasteiger partial charge on any atom is 0.322 e. The van der Waals surface area contributed by atoms with Crippen molar-refractivity contribution < 1.29 is 9.53 Å². The maximum absolute atomic E-state index is 11.3. The third kappa shape index (κ3) is 5.78. The van der Waals surface area contributed by atoms with Crippen LogP contribution in [0.15, 0.2) is 0 Å². The lowest BCUT2D eigenvalue weighted by atomic mass is 9.93. The summed E-state index contributed by atoms with van der Waals surface area (Å²) in [5.41, 5.74) is 0. The molecule has 3 nitrogen and oxygen atoms in total. The number of carbonyl (C=O) groups is 1. The summed E-state index contributed by atoms with van der Waals surface area (Å²) in [5, 5.41) is 3.00. The van der Waals surface area contributed by atoms with Crippen LogP contribution in [-0.4, -0.2) is 26.2 Å². The van der Waals surface area contributed by atoms with E-state index in [0.717, 1.165) is 18.8 Å². The van der Waals surface area contributed by atoms with E-state index in [-0.39, 0.29) is 12.0 Å². The van der Waals surface area contributed by atoms with Crippen molar-refractivity contribution in [3.63, 3.8) is 0 Å². The molecule has 0 saturated heterocycles. The summed E-state index contributed by atoms with van der Waals surface area (Å²) >= 11 is 0. The topological polar surface area (TPSA) is 38.3 Å². The molecule has 0 aromatic rings. The lowest BCUT2D eigenvalue weighted by Gasteiger charge is -2.18. The quantitative estimate of drug-likeness (QED) is 0.632. The van der Waals surface area contributed by atoms with Crippen LogP contribution in [0.5, 0.6) is 0 Å². The van der Waals surface area contributed by atoms with Crippen LogP contribution in [0.3, 0.4) is 0 Å². The van der Waals surface area contributed by atoms with E-state index in [9.17, 15) is 4.79 Å². The summed E-state index contributed by atoms with van der Waals surface area (Å²) in [6.45, 7) is 4.42. The van der Waals surface area contributed by atoms with Gasteiger partial charge in [0.15, 0.2) is 0 Å². The molecule has 2 unspecified atom stereocenters. The van der Waals surface area contributed by atoms with Crippen LogP contribution in [0.2, 0.25) is 0 Å². The van der Waals surface area contributed by atoms with E-state index in [4.69, 9.17) is 4.74 Å². The number of carbonyl (C=O) groups excluding carboxylic acids is 1. The lowest BCUT2D eigenvalue weighted by Crippen LogP contribution is -2.35. The number of nitrogens with one attached hydrogen (secondary N) is 1. The molecule has 15 heavy (non-hydrogen) atoms. The first-order valence-electron chi connectivity index (χ1n) is 5.94. The number of hydrogen-bond donors (Lipinski definition) is 1. The molecule has 0 aliphatic carbocycles. The van der Waals surface area contributed by atoms with Gasteiger partial charge in [-0.05, 0) is 25.8 Å². The highest BCUT2D eigenvalue weighted by Crippen LogP contribution is 2.18. The number of rotatable bonds is 8. The Labute approximate surface area is 93.6 Å². The van der Waals surface area contributed by atoms with Gasteiger partial charge >= 0.3 is 5.97 Å². The predicted octanol–water partition coefficient (Wildman–Crippen LogP) is 2.35. The Balaban J connectivity index is 3.92. The van der Waals surface area contributed by atoms with Gasteiger partial charge in [-0.25, -0.2) is 0 Å². The molecular formula is C12H25NO2. The Morgan fingerprint density at radius 3 is 2.33 bits per heavy atom. The second kappa shape index (κ2) is 8.72. The average Bonchev–Trinajstić information content (AvgIpc) is 2.27. The molecule has 0 fully saturated rings. The Hall–Kier alpha value is -0.570. The SMILES string of the molecule is CCCC(CC)CCC(NC)C(=O)OC. The van der Waals surface area contributed by atoms with Crippen LogP contribution in [-0.2, 0) is 9.53 Å². The van der Waals surface area contributed by atoms with E-state index < -0.39 is 0 Å². The number of ether oxygens (including phenoxy) is 1. The molecule has 90 valence electrons. The zero-order valence-corrected chi connectivity index (χ0v) is 10.5. The predicted molar refractivity (Wildman–Crippen MR) is 62.8 cm³/mol. The molecule has 0 aromatic heterocycles. The second-order valence-electron chi connectivity index (χ2n) is 4.00. The molecule has 0 amide bonds. The summed E-state index contributed by atoms with van der Waals surface area (Å²) in [6.07, 6.45) is 5.66. The average molecular weight is 215 g/mol. The molecule has 0 aromatic carbocycles. The summed E-state index contributed by atoms with van der Waals surface area (Å²) in [7, 11) is 3.25. The van der Waals surface area contributed by atoms with Crippen molar-refractivity contribution in [2.75, 3.05) is 14.2 Å². The summed E-state index contributed by atoms with van der Waals surface area (Å²) < 4.78 is 4.73. The smallest absolute Gasteiger partial charge is 0.322 e. The molecule has 0 aliphatic heterocycles. The van der Waals surface area contributed by atoms with Crippen LogP contribution in [0.4, 0.5) is 0 Å². The first-order valence-corrected chi connectivity index (χ1v) is 5.94. The van der Waals surface area contributed by atoms with Gasteiger partial charge in [0.2, 0.25) is 0 Å². The van der Waals surface area contributed by atoms with E-state index in [1.807, 2.05) is 7.05 Å². The number of likely N-dealkylation sites (N-methyl/N-ethyl adjacent to an activating group) is 1. The number of methoxy groups -OCH3 is 1. The van der Waals surface area contributed by atoms with E-state index in [0.29, 0.717) is 0 Å². The van der Waals surface area contributed by atoms with E-state index >= 15 is 0 Å². The highest BCUT2D eigenvalue weighted by Gasteiger charge is 2.18. The first kappa shape index (κ1) is 14.4. The molecule has 3 heteroatoms. The van der Waals surface area contributed by atoms with Gasteiger partial charge in [0.1, 0.15) is 6.04 Å². The summed E-state index contributed by atoms with van der Waals surface area (Å²) in [5.74, 6) is 0.597. The molecule has 0 bridgehead atoms. The Kier molecular flexibility index (Phi) is 8.38. The van der Waals surface area contributed by atoms with Crippen LogP contribution >= 0.6 is 0 Å². The van der Waals surface area contributed by atoms with Gasteiger partial charge in [0.25, 0.3) is 0 Å². The van der Waals surface area contributed by atoms with Crippen molar-refractivity contribution >= 4 is 5.97 Å². The minimum atomic E-state index is -0.149. The van der Waals surface area contributed by atoms with Crippen molar-refractivity contribution in [3.8, 4) is 0 Å². The minimum absolute atomic E-state index is 0.138. The van der Waals surface area contributed by atoms with Crippen molar-refractivity contribution in [3.05, 3.63) is 0 Å². The third-order valence-corrected chi connectivity index (χ3v) is 2.97. The Bertz CT molecular complexity index is 171. The van der Waals surface area contributed by atoms with Crippen LogP contribution in [0, 0.1) is 5.92 Å².